The van der Waals surface area contributed by atoms with E-state index in [2.05, 4.69) is 44.7 Å². The number of carbonyl (C=O) groups excluding carboxylic acids is 2. The number of nitrogens with zero attached hydrogens (tertiary/aromatic N) is 2. The van der Waals surface area contributed by atoms with Crippen LogP contribution in [-0.4, -0.2) is 47.5 Å². The minimum absolute atomic E-state index is 0.0422. The Morgan fingerprint density at radius 2 is 1.89 bits per heavy atom. The Morgan fingerprint density at radius 3 is 2.46 bits per heavy atom. The summed E-state index contributed by atoms with van der Waals surface area (Å²) in [7, 11) is 1.86. The van der Waals surface area contributed by atoms with Gasteiger partial charge in [-0.3, -0.25) is 9.59 Å². The summed E-state index contributed by atoms with van der Waals surface area (Å²) in [4.78, 5) is 29.4. The van der Waals surface area contributed by atoms with Crippen LogP contribution in [0, 0.1) is 0 Å². The number of anilines is 2. The molecular formula is C25H27BrClF2N3O3. The van der Waals surface area contributed by atoms with Crippen LogP contribution in [0.3, 0.4) is 0 Å². The number of nitrogens with one attached hydrogen (secondary N) is 1. The lowest BCUT2D eigenvalue weighted by molar-refractivity contribution is -0.129. The number of fused-ring (bicyclic) bond motifs is 3. The quantitative estimate of drug-likeness (QED) is 0.421. The molecule has 10 heteroatoms. The predicted octanol–water partition coefficient (Wildman–Crippen LogP) is 6.19. The van der Waals surface area contributed by atoms with Gasteiger partial charge in [0, 0.05) is 53.3 Å². The van der Waals surface area contributed by atoms with E-state index in [9.17, 15) is 18.4 Å². The molecule has 1 aliphatic carbocycles. The third-order valence-corrected chi connectivity index (χ3v) is 7.49. The Kier molecular flexibility index (Phi) is 7.03. The fourth-order valence-electron chi connectivity index (χ4n) is 5.34. The molecule has 1 saturated carbocycles. The minimum Gasteiger partial charge on any atom is -0.420 e. The van der Waals surface area contributed by atoms with Gasteiger partial charge in [0.05, 0.1) is 17.8 Å². The zero-order valence-corrected chi connectivity index (χ0v) is 22.2. The highest BCUT2D eigenvalue weighted by Crippen LogP contribution is 2.54. The number of amides is 2. The van der Waals surface area contributed by atoms with Crippen LogP contribution >= 0.6 is 27.5 Å². The van der Waals surface area contributed by atoms with Gasteiger partial charge in [-0.1, -0.05) is 0 Å². The van der Waals surface area contributed by atoms with Gasteiger partial charge in [-0.25, -0.2) is 0 Å². The molecule has 0 bridgehead atoms. The molecule has 188 valence electrons. The molecule has 0 aromatic heterocycles. The standard InChI is InChI=1S/C25H27BrClF2N3O3/c1-13(2)32-22-19(18-9-10-21(23(18)32)31(4)14(3)33)11-15(12-20(22)26)24(34)30-16-5-7-17(8-6-16)35-25(27,28)29/h5-8,11-13,18,21,23H,9-10H2,1-4H3,(H,30,34). The van der Waals surface area contributed by atoms with Crippen molar-refractivity contribution < 1.29 is 23.1 Å². The van der Waals surface area contributed by atoms with E-state index in [1.165, 1.54) is 24.3 Å². The first-order valence-corrected chi connectivity index (χ1v) is 12.6. The summed E-state index contributed by atoms with van der Waals surface area (Å²) >= 11 is 8.48. The number of halogens is 4. The van der Waals surface area contributed by atoms with E-state index in [0.717, 1.165) is 28.6 Å². The third-order valence-electron chi connectivity index (χ3n) is 6.81. The van der Waals surface area contributed by atoms with Crippen LogP contribution in [0.5, 0.6) is 5.75 Å². The van der Waals surface area contributed by atoms with E-state index >= 15 is 0 Å². The monoisotopic (exact) mass is 569 g/mol. The number of alkyl halides is 3. The molecule has 2 aliphatic rings. The molecule has 35 heavy (non-hydrogen) atoms. The highest BCUT2D eigenvalue weighted by Gasteiger charge is 2.50. The van der Waals surface area contributed by atoms with Crippen molar-refractivity contribution in [2.75, 3.05) is 17.3 Å². The van der Waals surface area contributed by atoms with Gasteiger partial charge in [-0.15, -0.1) is 8.78 Å². The van der Waals surface area contributed by atoms with Gasteiger partial charge in [0.2, 0.25) is 5.91 Å². The van der Waals surface area contributed by atoms with Crippen molar-refractivity contribution >= 4 is 50.7 Å². The van der Waals surface area contributed by atoms with E-state index in [-0.39, 0.29) is 41.6 Å². The van der Waals surface area contributed by atoms with Crippen molar-refractivity contribution in [2.24, 2.45) is 0 Å². The number of ether oxygens (including phenoxy) is 1. The van der Waals surface area contributed by atoms with E-state index in [1.54, 1.807) is 13.0 Å². The summed E-state index contributed by atoms with van der Waals surface area (Å²) < 4.78 is 30.7. The van der Waals surface area contributed by atoms with Crippen molar-refractivity contribution in [3.8, 4) is 5.75 Å². The Morgan fingerprint density at radius 1 is 1.23 bits per heavy atom. The van der Waals surface area contributed by atoms with Crippen LogP contribution in [0.15, 0.2) is 40.9 Å². The number of hydrogen-bond acceptors (Lipinski definition) is 4. The minimum atomic E-state index is -3.80. The van der Waals surface area contributed by atoms with Crippen molar-refractivity contribution in [1.29, 1.82) is 0 Å². The maximum atomic E-state index is 13.1. The molecule has 2 amide bonds. The Labute approximate surface area is 216 Å². The molecule has 0 saturated heterocycles. The molecule has 1 fully saturated rings. The second-order valence-corrected chi connectivity index (χ2v) is 10.6. The summed E-state index contributed by atoms with van der Waals surface area (Å²) in [5.74, 6) is -0.188. The van der Waals surface area contributed by atoms with Crippen LogP contribution in [0.25, 0.3) is 0 Å². The van der Waals surface area contributed by atoms with Crippen LogP contribution < -0.4 is 15.0 Å². The first-order chi connectivity index (χ1) is 16.4. The lowest BCUT2D eigenvalue weighted by Gasteiger charge is -2.38. The maximum Gasteiger partial charge on any atom is 0.487 e. The molecule has 1 aliphatic heterocycles. The van der Waals surface area contributed by atoms with Crippen LogP contribution in [0.4, 0.5) is 20.2 Å². The molecule has 1 N–H and O–H groups in total. The first-order valence-electron chi connectivity index (χ1n) is 11.4. The van der Waals surface area contributed by atoms with Gasteiger partial charge in [-0.2, -0.15) is 0 Å². The van der Waals surface area contributed by atoms with Gasteiger partial charge < -0.3 is 19.9 Å². The average molecular weight is 571 g/mol. The van der Waals surface area contributed by atoms with Gasteiger partial charge in [0.15, 0.2) is 0 Å². The maximum absolute atomic E-state index is 13.1. The van der Waals surface area contributed by atoms with Crippen molar-refractivity contribution in [2.45, 2.75) is 63.2 Å². The summed E-state index contributed by atoms with van der Waals surface area (Å²) in [5, 5.41) is 2.80. The van der Waals surface area contributed by atoms with E-state index in [4.69, 9.17) is 11.6 Å². The Hall–Kier alpha value is -2.39. The largest absolute Gasteiger partial charge is 0.487 e. The fraction of sp³-hybridized carbons (Fsp3) is 0.440. The molecule has 3 atom stereocenters. The SMILES string of the molecule is CC(=O)N(C)C1CCC2c3cc(C(=O)Nc4ccc(OC(F)(F)Cl)cc4)cc(Br)c3N(C(C)C)C21. The van der Waals surface area contributed by atoms with E-state index in [0.29, 0.717) is 11.3 Å². The number of rotatable bonds is 6. The van der Waals surface area contributed by atoms with Crippen LogP contribution in [-0.2, 0) is 4.79 Å². The van der Waals surface area contributed by atoms with Crippen LogP contribution in [0.2, 0.25) is 0 Å². The predicted molar refractivity (Wildman–Crippen MR) is 136 cm³/mol. The first kappa shape index (κ1) is 25.7. The molecule has 3 unspecified atom stereocenters. The van der Waals surface area contributed by atoms with Gasteiger partial charge in [0.1, 0.15) is 5.75 Å². The van der Waals surface area contributed by atoms with E-state index < -0.39 is 5.57 Å². The van der Waals surface area contributed by atoms with Gasteiger partial charge >= 0.3 is 5.57 Å². The van der Waals surface area contributed by atoms with Crippen molar-refractivity contribution in [3.05, 3.63) is 52.0 Å². The third kappa shape index (κ3) is 5.11. The molecule has 4 rings (SSSR count). The van der Waals surface area contributed by atoms with Gasteiger partial charge in [-0.05, 0) is 84.6 Å². The fourth-order valence-corrected chi connectivity index (χ4v) is 6.11. The second kappa shape index (κ2) is 9.58. The summed E-state index contributed by atoms with van der Waals surface area (Å²) in [6, 6.07) is 9.71. The van der Waals surface area contributed by atoms with E-state index in [1.807, 2.05) is 18.0 Å². The summed E-state index contributed by atoms with van der Waals surface area (Å²) in [6.45, 7) is 5.86. The highest BCUT2D eigenvalue weighted by molar-refractivity contribution is 9.10. The van der Waals surface area contributed by atoms with Crippen molar-refractivity contribution in [1.82, 2.24) is 4.90 Å². The number of likely N-dealkylation sites (N-methyl/N-ethyl adjacent to an activating group) is 1. The molecule has 0 spiro atoms. The normalized spacial score (nSPS) is 21.1. The molecular weight excluding hydrogens is 544 g/mol. The lowest BCUT2D eigenvalue weighted by Crippen LogP contribution is -2.51. The average Bonchev–Trinajstić information content (AvgIpc) is 3.32. The highest BCUT2D eigenvalue weighted by atomic mass is 79.9. The molecule has 0 radical (unpaired) electrons. The molecule has 2 aromatic rings. The molecule has 2 aromatic carbocycles. The van der Waals surface area contributed by atoms with Crippen molar-refractivity contribution in [3.63, 3.8) is 0 Å². The lowest BCUT2D eigenvalue weighted by atomic mass is 9.95. The summed E-state index contributed by atoms with van der Waals surface area (Å²) in [5.41, 5.74) is -0.729. The number of carbonyl (C=O) groups is 2. The smallest absolute Gasteiger partial charge is 0.420 e. The van der Waals surface area contributed by atoms with Crippen LogP contribution in [0.1, 0.15) is 55.5 Å². The Balaban J connectivity index is 1.60. The molecule has 1 heterocycles. The Bertz CT molecular complexity index is 1140. The zero-order valence-electron chi connectivity index (χ0n) is 19.8. The topological polar surface area (TPSA) is 61.9 Å². The number of hydrogen-bond donors (Lipinski definition) is 1. The second-order valence-electron chi connectivity index (χ2n) is 9.29. The molecule has 6 nitrogen and oxygen atoms in total. The summed E-state index contributed by atoms with van der Waals surface area (Å²) in [6.07, 6.45) is 1.82. The number of benzene rings is 2. The van der Waals surface area contributed by atoms with Gasteiger partial charge in [0.25, 0.3) is 5.91 Å². The zero-order chi connectivity index (χ0) is 25.7.